The number of fused-ring (bicyclic) bond motifs is 1. The van der Waals surface area contributed by atoms with Gasteiger partial charge in [-0.3, -0.25) is 19.4 Å². The van der Waals surface area contributed by atoms with Gasteiger partial charge in [0.25, 0.3) is 0 Å². The van der Waals surface area contributed by atoms with Gasteiger partial charge in [0.1, 0.15) is 18.1 Å². The van der Waals surface area contributed by atoms with Crippen molar-refractivity contribution in [3.63, 3.8) is 0 Å². The first kappa shape index (κ1) is 32.9. The number of carbonyl (C=O) groups is 4. The Hall–Kier alpha value is -4.56. The molecule has 0 saturated heterocycles. The van der Waals surface area contributed by atoms with Gasteiger partial charge in [-0.15, -0.1) is 0 Å². The number of H-pyrrole nitrogens is 1. The average Bonchev–Trinajstić information content (AvgIpc) is 3.39. The van der Waals surface area contributed by atoms with Crippen LogP contribution in [-0.2, 0) is 32.0 Å². The number of hydrogen-bond donors (Lipinski definition) is 9. The number of nitrogens with one attached hydrogen (secondary N) is 4. The fourth-order valence-corrected chi connectivity index (χ4v) is 4.72. The zero-order valence-electron chi connectivity index (χ0n) is 23.5. The molecule has 14 heteroatoms. The summed E-state index contributed by atoms with van der Waals surface area (Å²) < 4.78 is 0. The summed E-state index contributed by atoms with van der Waals surface area (Å²) in [5.74, 6) is -3.45. The van der Waals surface area contributed by atoms with Gasteiger partial charge in [-0.2, -0.15) is 12.6 Å². The molecular formula is C29H38N8O5S. The Labute approximate surface area is 254 Å². The van der Waals surface area contributed by atoms with Gasteiger partial charge in [0.05, 0.1) is 6.04 Å². The van der Waals surface area contributed by atoms with Gasteiger partial charge in [-0.05, 0) is 36.5 Å². The number of aliphatic imine (C=N–C) groups is 1. The van der Waals surface area contributed by atoms with E-state index in [0.717, 1.165) is 22.0 Å². The fourth-order valence-electron chi connectivity index (χ4n) is 4.47. The first-order valence-electron chi connectivity index (χ1n) is 13.7. The van der Waals surface area contributed by atoms with Crippen molar-refractivity contribution in [2.24, 2.45) is 22.2 Å². The topological polar surface area (TPSA) is 231 Å². The molecule has 0 aliphatic heterocycles. The van der Waals surface area contributed by atoms with Crippen molar-refractivity contribution >= 4 is 53.2 Å². The van der Waals surface area contributed by atoms with E-state index in [0.29, 0.717) is 6.42 Å². The summed E-state index contributed by atoms with van der Waals surface area (Å²) in [4.78, 5) is 58.6. The molecule has 230 valence electrons. The molecule has 2 aromatic carbocycles. The van der Waals surface area contributed by atoms with Crippen molar-refractivity contribution < 1.29 is 24.3 Å². The van der Waals surface area contributed by atoms with E-state index in [1.807, 2.05) is 54.6 Å². The van der Waals surface area contributed by atoms with Crippen molar-refractivity contribution in [3.05, 3.63) is 71.9 Å². The number of guanidine groups is 1. The van der Waals surface area contributed by atoms with Crippen LogP contribution >= 0.6 is 12.6 Å². The number of amides is 3. The van der Waals surface area contributed by atoms with Gasteiger partial charge < -0.3 is 43.2 Å². The van der Waals surface area contributed by atoms with Gasteiger partial charge in [-0.1, -0.05) is 48.5 Å². The molecule has 4 atom stereocenters. The molecule has 3 amide bonds. The Bertz CT molecular complexity index is 1430. The maximum Gasteiger partial charge on any atom is 0.327 e. The summed E-state index contributed by atoms with van der Waals surface area (Å²) in [7, 11) is 0. The lowest BCUT2D eigenvalue weighted by atomic mass is 10.0. The van der Waals surface area contributed by atoms with Gasteiger partial charge >= 0.3 is 5.97 Å². The summed E-state index contributed by atoms with van der Waals surface area (Å²) in [5, 5.41) is 18.1. The number of carboxylic acids is 1. The zero-order chi connectivity index (χ0) is 31.4. The predicted octanol–water partition coefficient (Wildman–Crippen LogP) is -0.197. The second kappa shape index (κ2) is 16.2. The highest BCUT2D eigenvalue weighted by Crippen LogP contribution is 2.19. The number of para-hydroxylation sites is 1. The molecule has 13 nitrogen and oxygen atoms in total. The van der Waals surface area contributed by atoms with E-state index in [1.54, 1.807) is 6.20 Å². The Morgan fingerprint density at radius 2 is 1.49 bits per heavy atom. The van der Waals surface area contributed by atoms with E-state index in [9.17, 15) is 24.3 Å². The summed E-state index contributed by atoms with van der Waals surface area (Å²) in [5.41, 5.74) is 19.4. The smallest absolute Gasteiger partial charge is 0.327 e. The number of nitrogens with two attached hydrogens (primary N) is 3. The number of rotatable bonds is 16. The van der Waals surface area contributed by atoms with E-state index in [-0.39, 0.29) is 37.5 Å². The SMILES string of the molecule is NC(N)=NCCCC(NC(=O)C(N)Cc1ccccc1)C(=O)NC(Cc1c[nH]c2ccccc12)C(=O)NC(CS)C(=O)O. The molecule has 0 bridgehead atoms. The van der Waals surface area contributed by atoms with Crippen LogP contribution in [0.15, 0.2) is 65.8 Å². The lowest BCUT2D eigenvalue weighted by Crippen LogP contribution is -2.58. The van der Waals surface area contributed by atoms with Crippen LogP contribution in [0.2, 0.25) is 0 Å². The van der Waals surface area contributed by atoms with E-state index < -0.39 is 47.9 Å². The molecule has 3 aromatic rings. The zero-order valence-corrected chi connectivity index (χ0v) is 24.4. The van der Waals surface area contributed by atoms with Gasteiger partial charge in [0, 0.05) is 35.8 Å². The molecule has 43 heavy (non-hydrogen) atoms. The molecular weight excluding hydrogens is 572 g/mol. The van der Waals surface area contributed by atoms with Crippen LogP contribution in [0, 0.1) is 0 Å². The monoisotopic (exact) mass is 610 g/mol. The van der Waals surface area contributed by atoms with Gasteiger partial charge in [0.2, 0.25) is 17.7 Å². The number of benzene rings is 2. The van der Waals surface area contributed by atoms with Crippen LogP contribution in [0.4, 0.5) is 0 Å². The molecule has 0 radical (unpaired) electrons. The summed E-state index contributed by atoms with van der Waals surface area (Å²) in [6.45, 7) is 0.208. The molecule has 0 spiro atoms. The van der Waals surface area contributed by atoms with Crippen molar-refractivity contribution in [2.45, 2.75) is 49.9 Å². The minimum atomic E-state index is -1.27. The van der Waals surface area contributed by atoms with E-state index in [2.05, 4.69) is 38.6 Å². The second-order valence-corrected chi connectivity index (χ2v) is 10.4. The number of aliphatic carboxylic acids is 1. The predicted molar refractivity (Wildman–Crippen MR) is 167 cm³/mol. The van der Waals surface area contributed by atoms with Gasteiger partial charge in [-0.25, -0.2) is 4.79 Å². The summed E-state index contributed by atoms with van der Waals surface area (Å²) in [6.07, 6.45) is 2.50. The third kappa shape index (κ3) is 10.0. The van der Waals surface area contributed by atoms with Crippen molar-refractivity contribution in [3.8, 4) is 0 Å². The average molecular weight is 611 g/mol. The molecule has 0 fully saturated rings. The van der Waals surface area contributed by atoms with Gasteiger partial charge in [0.15, 0.2) is 5.96 Å². The standard InChI is InChI=1S/C29H38N8O5S/c30-20(13-17-7-2-1-3-8-17)25(38)35-22(11-6-12-33-29(31)32)26(39)36-23(27(40)37-24(16-43)28(41)42)14-18-15-34-21-10-5-4-9-19(18)21/h1-5,7-10,15,20,22-24,34,43H,6,11-14,16,30H2,(H,35,38)(H,36,39)(H,37,40)(H,41,42)(H4,31,32,33). The van der Waals surface area contributed by atoms with Crippen molar-refractivity contribution in [2.75, 3.05) is 12.3 Å². The van der Waals surface area contributed by atoms with Crippen LogP contribution in [0.3, 0.4) is 0 Å². The van der Waals surface area contributed by atoms with Crippen LogP contribution in [-0.4, -0.2) is 76.2 Å². The largest absolute Gasteiger partial charge is 0.480 e. The Balaban J connectivity index is 1.82. The lowest BCUT2D eigenvalue weighted by Gasteiger charge is -2.25. The highest BCUT2D eigenvalue weighted by Gasteiger charge is 2.30. The number of thiol groups is 1. The van der Waals surface area contributed by atoms with Crippen LogP contribution < -0.4 is 33.2 Å². The minimum Gasteiger partial charge on any atom is -0.480 e. The van der Waals surface area contributed by atoms with E-state index in [4.69, 9.17) is 17.2 Å². The fraction of sp³-hybridized carbons (Fsp3) is 0.345. The second-order valence-electron chi connectivity index (χ2n) is 10.0. The molecule has 3 rings (SSSR count). The summed E-state index contributed by atoms with van der Waals surface area (Å²) >= 11 is 4.02. The van der Waals surface area contributed by atoms with Crippen molar-refractivity contribution in [1.29, 1.82) is 0 Å². The van der Waals surface area contributed by atoms with E-state index in [1.165, 1.54) is 0 Å². The third-order valence-electron chi connectivity index (χ3n) is 6.74. The number of nitrogens with zero attached hydrogens (tertiary/aromatic N) is 1. The molecule has 0 aliphatic rings. The number of aromatic amines is 1. The third-order valence-corrected chi connectivity index (χ3v) is 7.11. The van der Waals surface area contributed by atoms with Crippen LogP contribution in [0.1, 0.15) is 24.0 Å². The maximum atomic E-state index is 13.6. The molecule has 0 saturated carbocycles. The van der Waals surface area contributed by atoms with Crippen LogP contribution in [0.25, 0.3) is 10.9 Å². The summed E-state index contributed by atoms with van der Waals surface area (Å²) in [6, 6.07) is 12.2. The number of aromatic nitrogens is 1. The molecule has 11 N–H and O–H groups in total. The lowest BCUT2D eigenvalue weighted by molar-refractivity contribution is -0.141. The minimum absolute atomic E-state index is 0.0443. The van der Waals surface area contributed by atoms with Crippen molar-refractivity contribution in [1.82, 2.24) is 20.9 Å². The highest BCUT2D eigenvalue weighted by atomic mass is 32.1. The first-order chi connectivity index (χ1) is 20.6. The molecule has 4 unspecified atom stereocenters. The number of hydrogen-bond acceptors (Lipinski definition) is 7. The molecule has 1 heterocycles. The molecule has 0 aliphatic carbocycles. The normalized spacial score (nSPS) is 13.7. The molecule has 1 aromatic heterocycles. The van der Waals surface area contributed by atoms with E-state index >= 15 is 0 Å². The highest BCUT2D eigenvalue weighted by molar-refractivity contribution is 7.80. The maximum absolute atomic E-state index is 13.6. The number of carboxylic acid groups (broad SMARTS) is 1. The Morgan fingerprint density at radius 3 is 2.16 bits per heavy atom. The first-order valence-corrected chi connectivity index (χ1v) is 14.4. The number of carbonyl (C=O) groups excluding carboxylic acids is 3. The van der Waals surface area contributed by atoms with Crippen LogP contribution in [0.5, 0.6) is 0 Å². The Kier molecular flexibility index (Phi) is 12.4. The Morgan fingerprint density at radius 1 is 0.860 bits per heavy atom. The quantitative estimate of drug-likeness (QED) is 0.0455.